The predicted molar refractivity (Wildman–Crippen MR) is 71.8 cm³/mol. The van der Waals surface area contributed by atoms with Crippen LogP contribution in [0, 0.1) is 11.7 Å². The number of hydrogen-bond acceptors (Lipinski definition) is 3. The smallest absolute Gasteiger partial charge is 0.191 e. The van der Waals surface area contributed by atoms with Crippen LogP contribution < -0.4 is 0 Å². The summed E-state index contributed by atoms with van der Waals surface area (Å²) < 4.78 is 23.5. The number of rotatable bonds is 8. The number of carbonyl (C=O) groups excluding carboxylic acids is 1. The number of benzene rings is 1. The normalized spacial score (nSPS) is 12.7. The molecule has 3 nitrogen and oxygen atoms in total. The van der Waals surface area contributed by atoms with Crippen LogP contribution in [0.3, 0.4) is 0 Å². The van der Waals surface area contributed by atoms with Gasteiger partial charge in [0.05, 0.1) is 13.2 Å². The van der Waals surface area contributed by atoms with Crippen molar-refractivity contribution in [2.24, 2.45) is 5.92 Å². The van der Waals surface area contributed by atoms with Gasteiger partial charge in [-0.1, -0.05) is 13.8 Å². The van der Waals surface area contributed by atoms with Crippen LogP contribution in [0.4, 0.5) is 4.39 Å². The van der Waals surface area contributed by atoms with Gasteiger partial charge < -0.3 is 9.47 Å². The van der Waals surface area contributed by atoms with Gasteiger partial charge in [-0.25, -0.2) is 4.39 Å². The molecular formula is C15H21FO3. The van der Waals surface area contributed by atoms with Crippen molar-refractivity contribution in [3.05, 3.63) is 35.6 Å². The second-order valence-corrected chi connectivity index (χ2v) is 4.85. The Morgan fingerprint density at radius 3 is 2.37 bits per heavy atom. The van der Waals surface area contributed by atoms with Gasteiger partial charge in [0.25, 0.3) is 0 Å². The zero-order valence-corrected chi connectivity index (χ0v) is 11.7. The van der Waals surface area contributed by atoms with Crippen molar-refractivity contribution in [2.75, 3.05) is 19.8 Å². The topological polar surface area (TPSA) is 35.5 Å². The molecule has 0 saturated heterocycles. The van der Waals surface area contributed by atoms with Crippen LogP contribution in [0.2, 0.25) is 0 Å². The van der Waals surface area contributed by atoms with Gasteiger partial charge in [-0.15, -0.1) is 0 Å². The van der Waals surface area contributed by atoms with E-state index >= 15 is 0 Å². The second kappa shape index (κ2) is 8.02. The minimum atomic E-state index is -0.548. The lowest BCUT2D eigenvalue weighted by Crippen LogP contribution is -2.23. The van der Waals surface area contributed by atoms with Crippen molar-refractivity contribution in [3.63, 3.8) is 0 Å². The van der Waals surface area contributed by atoms with E-state index in [1.807, 2.05) is 0 Å². The highest BCUT2D eigenvalue weighted by atomic mass is 19.1. The van der Waals surface area contributed by atoms with E-state index in [-0.39, 0.29) is 11.6 Å². The largest absolute Gasteiger partial charge is 0.379 e. The quantitative estimate of drug-likeness (QED) is 0.537. The van der Waals surface area contributed by atoms with Crippen molar-refractivity contribution in [2.45, 2.75) is 26.9 Å². The van der Waals surface area contributed by atoms with Crippen LogP contribution in [-0.4, -0.2) is 31.7 Å². The molecule has 1 aromatic carbocycles. The molecule has 1 rings (SSSR count). The lowest BCUT2D eigenvalue weighted by Gasteiger charge is -2.13. The molecule has 4 heteroatoms. The molecule has 0 spiro atoms. The minimum absolute atomic E-state index is 0.149. The maximum Gasteiger partial charge on any atom is 0.191 e. The summed E-state index contributed by atoms with van der Waals surface area (Å²) in [6.07, 6.45) is -0.548. The van der Waals surface area contributed by atoms with Crippen LogP contribution in [0.1, 0.15) is 31.1 Å². The van der Waals surface area contributed by atoms with Gasteiger partial charge in [-0.3, -0.25) is 4.79 Å². The van der Waals surface area contributed by atoms with Crippen LogP contribution in [0.25, 0.3) is 0 Å². The molecule has 106 valence electrons. The van der Waals surface area contributed by atoms with Gasteiger partial charge in [-0.2, -0.15) is 0 Å². The molecule has 0 saturated carbocycles. The first-order valence-corrected chi connectivity index (χ1v) is 6.50. The summed E-state index contributed by atoms with van der Waals surface area (Å²) in [6.45, 7) is 7.36. The standard InChI is InChI=1S/C15H21FO3/c1-11(2)10-18-8-9-19-12(3)15(17)13-4-6-14(16)7-5-13/h4-7,11-12H,8-10H2,1-3H3. The molecule has 0 aliphatic rings. The maximum absolute atomic E-state index is 12.7. The number of ether oxygens (including phenoxy) is 2. The average molecular weight is 268 g/mol. The van der Waals surface area contributed by atoms with Crippen molar-refractivity contribution in [1.82, 2.24) is 0 Å². The fourth-order valence-electron chi connectivity index (χ4n) is 1.53. The number of hydrogen-bond donors (Lipinski definition) is 0. The van der Waals surface area contributed by atoms with E-state index in [4.69, 9.17) is 9.47 Å². The van der Waals surface area contributed by atoms with E-state index in [2.05, 4.69) is 13.8 Å². The molecule has 1 unspecified atom stereocenters. The van der Waals surface area contributed by atoms with Crippen LogP contribution >= 0.6 is 0 Å². The number of halogens is 1. The first-order valence-electron chi connectivity index (χ1n) is 6.50. The molecule has 1 aromatic rings. The van der Waals surface area contributed by atoms with E-state index in [0.717, 1.165) is 0 Å². The fourth-order valence-corrected chi connectivity index (χ4v) is 1.53. The highest BCUT2D eigenvalue weighted by molar-refractivity contribution is 5.99. The second-order valence-electron chi connectivity index (χ2n) is 4.85. The predicted octanol–water partition coefficient (Wildman–Crippen LogP) is 3.09. The third-order valence-corrected chi connectivity index (χ3v) is 2.54. The molecule has 0 bridgehead atoms. The van der Waals surface area contributed by atoms with Crippen molar-refractivity contribution in [3.8, 4) is 0 Å². The third kappa shape index (κ3) is 5.94. The van der Waals surface area contributed by atoms with Gasteiger partial charge in [0.15, 0.2) is 5.78 Å². The molecule has 0 radical (unpaired) electrons. The van der Waals surface area contributed by atoms with E-state index in [1.165, 1.54) is 24.3 Å². The SMILES string of the molecule is CC(C)COCCOC(C)C(=O)c1ccc(F)cc1. The molecule has 0 aromatic heterocycles. The zero-order chi connectivity index (χ0) is 14.3. The average Bonchev–Trinajstić information content (AvgIpc) is 2.37. The summed E-state index contributed by atoms with van der Waals surface area (Å²) in [7, 11) is 0. The van der Waals surface area contributed by atoms with Crippen molar-refractivity contribution >= 4 is 5.78 Å². The molecule has 19 heavy (non-hydrogen) atoms. The molecule has 0 N–H and O–H groups in total. The molecule has 0 aliphatic carbocycles. The summed E-state index contributed by atoms with van der Waals surface area (Å²) in [5.41, 5.74) is 0.456. The van der Waals surface area contributed by atoms with E-state index < -0.39 is 6.10 Å². The van der Waals surface area contributed by atoms with E-state index in [0.29, 0.717) is 31.3 Å². The molecule has 0 aliphatic heterocycles. The first-order chi connectivity index (χ1) is 9.00. The summed E-state index contributed by atoms with van der Waals surface area (Å²) in [6, 6.07) is 5.47. The van der Waals surface area contributed by atoms with Gasteiger partial charge >= 0.3 is 0 Å². The number of carbonyl (C=O) groups is 1. The van der Waals surface area contributed by atoms with Gasteiger partial charge in [0.2, 0.25) is 0 Å². The molecule has 0 fully saturated rings. The molecular weight excluding hydrogens is 247 g/mol. The third-order valence-electron chi connectivity index (χ3n) is 2.54. The summed E-state index contributed by atoms with van der Waals surface area (Å²) in [4.78, 5) is 11.9. The Morgan fingerprint density at radius 1 is 1.16 bits per heavy atom. The summed E-state index contributed by atoms with van der Waals surface area (Å²) >= 11 is 0. The number of Topliss-reactive ketones (excluding diaryl/α,β-unsaturated/α-hetero) is 1. The lowest BCUT2D eigenvalue weighted by atomic mass is 10.1. The molecule has 1 atom stereocenters. The van der Waals surface area contributed by atoms with Crippen LogP contribution in [0.5, 0.6) is 0 Å². The monoisotopic (exact) mass is 268 g/mol. The molecule has 0 amide bonds. The first kappa shape index (κ1) is 15.8. The highest BCUT2D eigenvalue weighted by Gasteiger charge is 2.15. The minimum Gasteiger partial charge on any atom is -0.379 e. The Morgan fingerprint density at radius 2 is 1.79 bits per heavy atom. The number of ketones is 1. The van der Waals surface area contributed by atoms with Gasteiger partial charge in [-0.05, 0) is 37.1 Å². The highest BCUT2D eigenvalue weighted by Crippen LogP contribution is 2.08. The van der Waals surface area contributed by atoms with Crippen molar-refractivity contribution in [1.29, 1.82) is 0 Å². The maximum atomic E-state index is 12.7. The Hall–Kier alpha value is -1.26. The van der Waals surface area contributed by atoms with Crippen molar-refractivity contribution < 1.29 is 18.7 Å². The van der Waals surface area contributed by atoms with E-state index in [1.54, 1.807) is 6.92 Å². The Labute approximate surface area is 113 Å². The zero-order valence-electron chi connectivity index (χ0n) is 11.7. The van der Waals surface area contributed by atoms with Crippen LogP contribution in [-0.2, 0) is 9.47 Å². The fraction of sp³-hybridized carbons (Fsp3) is 0.533. The Balaban J connectivity index is 2.31. The summed E-state index contributed by atoms with van der Waals surface area (Å²) in [5.74, 6) is -0.0191. The van der Waals surface area contributed by atoms with Gasteiger partial charge in [0, 0.05) is 12.2 Å². The van der Waals surface area contributed by atoms with Crippen LogP contribution in [0.15, 0.2) is 24.3 Å². The molecule has 0 heterocycles. The Kier molecular flexibility index (Phi) is 6.67. The lowest BCUT2D eigenvalue weighted by molar-refractivity contribution is 0.00970. The summed E-state index contributed by atoms with van der Waals surface area (Å²) in [5, 5.41) is 0. The van der Waals surface area contributed by atoms with Gasteiger partial charge in [0.1, 0.15) is 11.9 Å². The van der Waals surface area contributed by atoms with E-state index in [9.17, 15) is 9.18 Å². The Bertz CT molecular complexity index is 387.